The van der Waals surface area contributed by atoms with E-state index in [2.05, 4.69) is 15.4 Å². The van der Waals surface area contributed by atoms with Crippen LogP contribution < -0.4 is 10.9 Å². The Morgan fingerprint density at radius 3 is 2.87 bits per heavy atom. The van der Waals surface area contributed by atoms with Gasteiger partial charge in [-0.05, 0) is 37.5 Å². The van der Waals surface area contributed by atoms with Gasteiger partial charge in [0.25, 0.3) is 5.56 Å². The lowest BCUT2D eigenvalue weighted by atomic mass is 10.1. The minimum Gasteiger partial charge on any atom is -0.354 e. The van der Waals surface area contributed by atoms with Gasteiger partial charge in [0.1, 0.15) is 5.82 Å². The van der Waals surface area contributed by atoms with E-state index in [9.17, 15) is 9.18 Å². The summed E-state index contributed by atoms with van der Waals surface area (Å²) in [6, 6.07) is 6.51. The Balaban J connectivity index is 1.90. The van der Waals surface area contributed by atoms with E-state index >= 15 is 0 Å². The Hall–Kier alpha value is -2.28. The van der Waals surface area contributed by atoms with E-state index in [1.807, 2.05) is 19.9 Å². The van der Waals surface area contributed by atoms with Crippen molar-refractivity contribution in [1.29, 1.82) is 0 Å². The molecular weight excluding hydrogens is 315 g/mol. The summed E-state index contributed by atoms with van der Waals surface area (Å²) in [4.78, 5) is 17.0. The number of fused-ring (bicyclic) bond motifs is 1. The van der Waals surface area contributed by atoms with Crippen LogP contribution in [0.1, 0.15) is 36.7 Å². The molecule has 5 nitrogen and oxygen atoms in total. The van der Waals surface area contributed by atoms with Gasteiger partial charge in [-0.15, -0.1) is 5.10 Å². The molecule has 1 unspecified atom stereocenters. The molecule has 0 bridgehead atoms. The van der Waals surface area contributed by atoms with Crippen LogP contribution in [-0.4, -0.2) is 14.6 Å². The van der Waals surface area contributed by atoms with Crippen molar-refractivity contribution >= 4 is 21.4 Å². The van der Waals surface area contributed by atoms with Crippen molar-refractivity contribution in [2.75, 3.05) is 5.32 Å². The van der Waals surface area contributed by atoms with Gasteiger partial charge < -0.3 is 5.32 Å². The smallest absolute Gasteiger partial charge is 0.275 e. The van der Waals surface area contributed by atoms with E-state index in [-0.39, 0.29) is 17.4 Å². The van der Waals surface area contributed by atoms with Crippen LogP contribution in [0.2, 0.25) is 0 Å². The van der Waals surface area contributed by atoms with Crippen LogP contribution in [0.3, 0.4) is 0 Å². The Morgan fingerprint density at radius 1 is 1.39 bits per heavy atom. The molecule has 23 heavy (non-hydrogen) atoms. The van der Waals surface area contributed by atoms with Crippen molar-refractivity contribution in [2.24, 2.45) is 0 Å². The normalized spacial score (nSPS) is 12.5. The number of aromatic nitrogens is 3. The predicted octanol–water partition coefficient (Wildman–Crippen LogP) is 3.33. The molecule has 0 aliphatic carbocycles. The summed E-state index contributed by atoms with van der Waals surface area (Å²) in [7, 11) is 0. The number of nitrogens with zero attached hydrogens (tertiary/aromatic N) is 3. The molecule has 0 aliphatic rings. The third-order valence-corrected chi connectivity index (χ3v) is 4.54. The molecule has 0 saturated carbocycles. The second kappa shape index (κ2) is 6.08. The summed E-state index contributed by atoms with van der Waals surface area (Å²) in [5.74, 6) is -0.231. The highest BCUT2D eigenvalue weighted by atomic mass is 32.1. The second-order valence-corrected chi connectivity index (χ2v) is 6.37. The lowest BCUT2D eigenvalue weighted by Gasteiger charge is -2.13. The van der Waals surface area contributed by atoms with Crippen LogP contribution in [0.15, 0.2) is 29.1 Å². The summed E-state index contributed by atoms with van der Waals surface area (Å²) < 4.78 is 15.0. The molecule has 3 aromatic rings. The van der Waals surface area contributed by atoms with Gasteiger partial charge in [-0.25, -0.2) is 9.37 Å². The summed E-state index contributed by atoms with van der Waals surface area (Å²) in [6.07, 6.45) is 0.700. The molecule has 0 saturated heterocycles. The topological polar surface area (TPSA) is 59.3 Å². The molecule has 0 fully saturated rings. The first-order valence-corrected chi connectivity index (χ1v) is 8.22. The number of hydrogen-bond acceptors (Lipinski definition) is 5. The lowest BCUT2D eigenvalue weighted by molar-refractivity contribution is 0.614. The van der Waals surface area contributed by atoms with E-state index in [4.69, 9.17) is 0 Å². The highest BCUT2D eigenvalue weighted by Crippen LogP contribution is 2.24. The van der Waals surface area contributed by atoms with Crippen molar-refractivity contribution in [3.05, 3.63) is 57.3 Å². The first kappa shape index (κ1) is 15.6. The average Bonchev–Trinajstić information content (AvgIpc) is 2.92. The summed E-state index contributed by atoms with van der Waals surface area (Å²) >= 11 is 1.31. The van der Waals surface area contributed by atoms with Crippen LogP contribution in [0.5, 0.6) is 0 Å². The molecule has 2 aromatic heterocycles. The predicted molar refractivity (Wildman–Crippen MR) is 89.7 cm³/mol. The number of rotatable bonds is 4. The third kappa shape index (κ3) is 3.10. The van der Waals surface area contributed by atoms with Crippen molar-refractivity contribution in [1.82, 2.24) is 14.6 Å². The van der Waals surface area contributed by atoms with Gasteiger partial charge in [-0.3, -0.25) is 4.79 Å². The zero-order valence-corrected chi connectivity index (χ0v) is 13.9. The van der Waals surface area contributed by atoms with Crippen LogP contribution in [0, 0.1) is 12.7 Å². The molecule has 1 atom stereocenters. The molecule has 1 N–H and O–H groups in total. The largest absolute Gasteiger partial charge is 0.354 e. The number of hydrogen-bond donors (Lipinski definition) is 1. The van der Waals surface area contributed by atoms with E-state index in [0.717, 1.165) is 11.3 Å². The van der Waals surface area contributed by atoms with Crippen molar-refractivity contribution in [3.8, 4) is 0 Å². The minimum atomic E-state index is -0.231. The van der Waals surface area contributed by atoms with Gasteiger partial charge in [0, 0.05) is 11.8 Å². The molecule has 7 heteroatoms. The molecule has 0 spiro atoms. The fourth-order valence-electron chi connectivity index (χ4n) is 2.24. The van der Waals surface area contributed by atoms with Crippen LogP contribution in [0.4, 0.5) is 9.52 Å². The van der Waals surface area contributed by atoms with E-state index < -0.39 is 0 Å². The third-order valence-electron chi connectivity index (χ3n) is 3.70. The Labute approximate surface area is 136 Å². The summed E-state index contributed by atoms with van der Waals surface area (Å²) in [5.41, 5.74) is 2.00. The van der Waals surface area contributed by atoms with Crippen molar-refractivity contribution in [3.63, 3.8) is 0 Å². The van der Waals surface area contributed by atoms with E-state index in [1.54, 1.807) is 13.0 Å². The Morgan fingerprint density at radius 2 is 2.17 bits per heavy atom. The summed E-state index contributed by atoms with van der Waals surface area (Å²) in [5, 5.41) is 8.03. The number of halogens is 1. The zero-order valence-electron chi connectivity index (χ0n) is 13.1. The maximum atomic E-state index is 13.7. The van der Waals surface area contributed by atoms with Gasteiger partial charge in [-0.2, -0.15) is 4.52 Å². The first-order chi connectivity index (χ1) is 11.0. The maximum absolute atomic E-state index is 13.7. The highest BCUT2D eigenvalue weighted by Gasteiger charge is 2.12. The van der Waals surface area contributed by atoms with Gasteiger partial charge in [0.2, 0.25) is 10.1 Å². The zero-order chi connectivity index (χ0) is 16.6. The molecule has 3 rings (SSSR count). The molecule has 2 heterocycles. The van der Waals surface area contributed by atoms with Gasteiger partial charge in [-0.1, -0.05) is 30.4 Å². The highest BCUT2D eigenvalue weighted by molar-refractivity contribution is 7.20. The molecule has 0 aliphatic heterocycles. The molecule has 120 valence electrons. The SMILES string of the molecule is CCc1cc(=O)n2nc(NC(C)c3ccc(C)c(F)c3)sc2n1. The second-order valence-electron chi connectivity index (χ2n) is 5.42. The maximum Gasteiger partial charge on any atom is 0.275 e. The number of nitrogens with one attached hydrogen (secondary N) is 1. The van der Waals surface area contributed by atoms with Gasteiger partial charge in [0.05, 0.1) is 6.04 Å². The quantitative estimate of drug-likeness (QED) is 0.796. The fraction of sp³-hybridized carbons (Fsp3) is 0.312. The van der Waals surface area contributed by atoms with Gasteiger partial charge >= 0.3 is 0 Å². The lowest BCUT2D eigenvalue weighted by Crippen LogP contribution is -2.15. The van der Waals surface area contributed by atoms with Crippen molar-refractivity contribution < 1.29 is 4.39 Å². The van der Waals surface area contributed by atoms with Crippen LogP contribution in [-0.2, 0) is 6.42 Å². The Kier molecular flexibility index (Phi) is 4.12. The van der Waals surface area contributed by atoms with Crippen LogP contribution >= 0.6 is 11.3 Å². The average molecular weight is 332 g/mol. The van der Waals surface area contributed by atoms with Gasteiger partial charge in [0.15, 0.2) is 0 Å². The minimum absolute atomic E-state index is 0.132. The molecule has 0 amide bonds. The first-order valence-electron chi connectivity index (χ1n) is 7.40. The molecule has 0 radical (unpaired) electrons. The molecule has 1 aromatic carbocycles. The number of anilines is 1. The fourth-order valence-corrected chi connectivity index (χ4v) is 3.15. The number of benzene rings is 1. The molecular formula is C16H17FN4OS. The monoisotopic (exact) mass is 332 g/mol. The Bertz CT molecular complexity index is 918. The van der Waals surface area contributed by atoms with Crippen molar-refractivity contribution in [2.45, 2.75) is 33.2 Å². The standard InChI is InChI=1S/C16H17FN4OS/c1-4-12-8-14(22)21-16(19-12)23-15(20-21)18-10(3)11-6-5-9(2)13(17)7-11/h5-8,10H,4H2,1-3H3,(H,18,20). The summed E-state index contributed by atoms with van der Waals surface area (Å²) in [6.45, 7) is 5.60. The van der Waals surface area contributed by atoms with E-state index in [1.165, 1.54) is 28.0 Å². The van der Waals surface area contributed by atoms with Crippen LogP contribution in [0.25, 0.3) is 4.96 Å². The van der Waals surface area contributed by atoms with E-state index in [0.29, 0.717) is 22.1 Å². The number of aryl methyl sites for hydroxylation is 2.